The third kappa shape index (κ3) is 8.54. The van der Waals surface area contributed by atoms with E-state index in [2.05, 4.69) is 10.6 Å². The number of thioether (sulfide) groups is 1. The van der Waals surface area contributed by atoms with Crippen LogP contribution in [0.1, 0.15) is 55.8 Å². The molecule has 0 bridgehead atoms. The quantitative estimate of drug-likeness (QED) is 0.474. The van der Waals surface area contributed by atoms with E-state index in [1.165, 1.54) is 38.3 Å². The molecule has 0 radical (unpaired) electrons. The number of rotatable bonds is 10. The van der Waals surface area contributed by atoms with Gasteiger partial charge in [-0.3, -0.25) is 9.59 Å². The van der Waals surface area contributed by atoms with Gasteiger partial charge in [0.15, 0.2) is 6.10 Å². The van der Waals surface area contributed by atoms with Crippen LogP contribution in [0.25, 0.3) is 0 Å². The maximum atomic E-state index is 12.7. The molecule has 2 rings (SSSR count). The van der Waals surface area contributed by atoms with E-state index in [-0.39, 0.29) is 16.5 Å². The summed E-state index contributed by atoms with van der Waals surface area (Å²) in [5, 5.41) is 6.15. The molecule has 1 aliphatic rings. The normalized spacial score (nSPS) is 16.3. The minimum atomic E-state index is -0.941. The van der Waals surface area contributed by atoms with Crippen molar-refractivity contribution in [2.75, 3.05) is 18.6 Å². The molecule has 1 aromatic carbocycles. The van der Waals surface area contributed by atoms with Gasteiger partial charge >= 0.3 is 5.97 Å². The van der Waals surface area contributed by atoms with Crippen LogP contribution in [0.4, 0.5) is 0 Å². The van der Waals surface area contributed by atoms with Gasteiger partial charge in [0.05, 0.1) is 10.6 Å². The molecule has 2 atom stereocenters. The lowest BCUT2D eigenvalue weighted by Gasteiger charge is -2.23. The van der Waals surface area contributed by atoms with Gasteiger partial charge in [0.25, 0.3) is 11.8 Å². The summed E-state index contributed by atoms with van der Waals surface area (Å²) in [4.78, 5) is 37.7. The van der Waals surface area contributed by atoms with Crippen molar-refractivity contribution in [3.63, 3.8) is 0 Å². The summed E-state index contributed by atoms with van der Waals surface area (Å²) >= 11 is 13.5. The molecule has 0 aliphatic heterocycles. The highest BCUT2D eigenvalue weighted by molar-refractivity contribution is 7.98. The third-order valence-electron chi connectivity index (χ3n) is 5.33. The van der Waals surface area contributed by atoms with Gasteiger partial charge in [-0.15, -0.1) is 0 Å². The number of ether oxygens (including phenoxy) is 1. The van der Waals surface area contributed by atoms with E-state index in [0.29, 0.717) is 29.7 Å². The van der Waals surface area contributed by atoms with Gasteiger partial charge in [-0.05, 0) is 62.3 Å². The average molecular weight is 489 g/mol. The molecule has 1 fully saturated rings. The Morgan fingerprint density at radius 2 is 1.90 bits per heavy atom. The fraction of sp³-hybridized carbons (Fsp3) is 0.591. The van der Waals surface area contributed by atoms with Crippen LogP contribution < -0.4 is 10.6 Å². The number of nitrogens with one attached hydrogen (secondary N) is 2. The zero-order valence-electron chi connectivity index (χ0n) is 17.9. The van der Waals surface area contributed by atoms with E-state index in [1.54, 1.807) is 17.8 Å². The number of carbonyl (C=O) groups is 3. The van der Waals surface area contributed by atoms with E-state index in [0.717, 1.165) is 12.8 Å². The predicted octanol–water partition coefficient (Wildman–Crippen LogP) is 4.47. The summed E-state index contributed by atoms with van der Waals surface area (Å²) < 4.78 is 5.37. The molecular formula is C22H30Cl2N2O4S. The van der Waals surface area contributed by atoms with Crippen LogP contribution in [0.2, 0.25) is 10.0 Å². The fourth-order valence-electron chi connectivity index (χ4n) is 3.48. The van der Waals surface area contributed by atoms with Crippen LogP contribution in [0.5, 0.6) is 0 Å². The first-order valence-electron chi connectivity index (χ1n) is 10.5. The molecule has 0 saturated heterocycles. The van der Waals surface area contributed by atoms with Gasteiger partial charge < -0.3 is 15.4 Å². The molecule has 31 heavy (non-hydrogen) atoms. The lowest BCUT2D eigenvalue weighted by Crippen LogP contribution is -2.46. The lowest BCUT2D eigenvalue weighted by atomic mass is 9.89. The minimum absolute atomic E-state index is 0.192. The molecule has 172 valence electrons. The Labute approximate surface area is 198 Å². The molecule has 2 amide bonds. The smallest absolute Gasteiger partial charge is 0.329 e. The predicted molar refractivity (Wildman–Crippen MR) is 126 cm³/mol. The van der Waals surface area contributed by atoms with E-state index in [4.69, 9.17) is 27.9 Å². The van der Waals surface area contributed by atoms with Gasteiger partial charge in [-0.25, -0.2) is 4.79 Å². The van der Waals surface area contributed by atoms with E-state index in [1.807, 2.05) is 6.26 Å². The lowest BCUT2D eigenvalue weighted by molar-refractivity contribution is -0.156. The topological polar surface area (TPSA) is 84.5 Å². The van der Waals surface area contributed by atoms with Crippen LogP contribution in [-0.4, -0.2) is 48.5 Å². The molecule has 1 saturated carbocycles. The van der Waals surface area contributed by atoms with Crippen molar-refractivity contribution < 1.29 is 19.1 Å². The maximum absolute atomic E-state index is 12.7. The molecule has 0 spiro atoms. The summed E-state index contributed by atoms with van der Waals surface area (Å²) in [6, 6.07) is 3.63. The highest BCUT2D eigenvalue weighted by Crippen LogP contribution is 2.23. The van der Waals surface area contributed by atoms with E-state index in [9.17, 15) is 14.4 Å². The molecular weight excluding hydrogens is 459 g/mol. The zero-order chi connectivity index (χ0) is 22.8. The molecule has 0 heterocycles. The Bertz CT molecular complexity index is 772. The molecule has 0 aromatic heterocycles. The highest BCUT2D eigenvalue weighted by atomic mass is 35.5. The van der Waals surface area contributed by atoms with Crippen molar-refractivity contribution >= 4 is 52.7 Å². The van der Waals surface area contributed by atoms with Crippen molar-refractivity contribution in [1.29, 1.82) is 0 Å². The Balaban J connectivity index is 1.92. The number of benzene rings is 1. The molecule has 1 aromatic rings. The summed E-state index contributed by atoms with van der Waals surface area (Å²) in [5.74, 6) is -0.351. The summed E-state index contributed by atoms with van der Waals surface area (Å²) in [6.07, 6.45) is 7.20. The van der Waals surface area contributed by atoms with Crippen LogP contribution in [-0.2, 0) is 14.3 Å². The fourth-order valence-corrected chi connectivity index (χ4v) is 4.45. The van der Waals surface area contributed by atoms with Crippen molar-refractivity contribution in [2.24, 2.45) is 5.92 Å². The molecule has 9 heteroatoms. The van der Waals surface area contributed by atoms with E-state index >= 15 is 0 Å². The number of amides is 2. The first-order chi connectivity index (χ1) is 14.8. The first kappa shape index (κ1) is 25.8. The summed E-state index contributed by atoms with van der Waals surface area (Å²) in [5.41, 5.74) is 0.214. The van der Waals surface area contributed by atoms with Gasteiger partial charge in [0.2, 0.25) is 0 Å². The molecule has 6 nitrogen and oxygen atoms in total. The Kier molecular flexibility index (Phi) is 11.0. The SMILES string of the molecule is CSCCC(NC(=O)c1ccc(Cl)cc1Cl)C(=O)OC(C)C(=O)NCC1CCCCC1. The number of esters is 1. The molecule has 2 N–H and O–H groups in total. The van der Waals surface area contributed by atoms with Gasteiger partial charge in [-0.2, -0.15) is 11.8 Å². The largest absolute Gasteiger partial charge is 0.451 e. The molecule has 1 aliphatic carbocycles. The average Bonchev–Trinajstić information content (AvgIpc) is 2.75. The second-order valence-electron chi connectivity index (χ2n) is 7.76. The first-order valence-corrected chi connectivity index (χ1v) is 12.7. The van der Waals surface area contributed by atoms with Crippen molar-refractivity contribution in [1.82, 2.24) is 10.6 Å². The van der Waals surface area contributed by atoms with Crippen LogP contribution in [0.15, 0.2) is 18.2 Å². The number of halogens is 2. The minimum Gasteiger partial charge on any atom is -0.451 e. The van der Waals surface area contributed by atoms with Crippen molar-refractivity contribution in [2.45, 2.75) is 57.6 Å². The second kappa shape index (κ2) is 13.2. The standard InChI is InChI=1S/C22H30Cl2N2O4S/c1-14(20(27)25-13-15-6-4-3-5-7-15)30-22(29)19(10-11-31-2)26-21(28)17-9-8-16(23)12-18(17)24/h8-9,12,14-15,19H,3-7,10-11,13H2,1-2H3,(H,25,27)(H,26,28). The second-order valence-corrected chi connectivity index (χ2v) is 9.59. The van der Waals surface area contributed by atoms with Crippen LogP contribution in [0, 0.1) is 5.92 Å². The Morgan fingerprint density at radius 1 is 1.19 bits per heavy atom. The summed E-state index contributed by atoms with van der Waals surface area (Å²) in [6.45, 7) is 2.14. The summed E-state index contributed by atoms with van der Waals surface area (Å²) in [7, 11) is 0. The maximum Gasteiger partial charge on any atom is 0.329 e. The van der Waals surface area contributed by atoms with Crippen LogP contribution >= 0.6 is 35.0 Å². The monoisotopic (exact) mass is 488 g/mol. The Morgan fingerprint density at radius 3 is 2.55 bits per heavy atom. The Hall–Kier alpha value is -1.44. The van der Waals surface area contributed by atoms with Crippen LogP contribution in [0.3, 0.4) is 0 Å². The zero-order valence-corrected chi connectivity index (χ0v) is 20.2. The number of carbonyl (C=O) groups excluding carboxylic acids is 3. The third-order valence-corrected chi connectivity index (χ3v) is 6.52. The van der Waals surface area contributed by atoms with Crippen molar-refractivity contribution in [3.05, 3.63) is 33.8 Å². The highest BCUT2D eigenvalue weighted by Gasteiger charge is 2.27. The number of hydrogen-bond acceptors (Lipinski definition) is 5. The van der Waals surface area contributed by atoms with Crippen molar-refractivity contribution in [3.8, 4) is 0 Å². The number of hydrogen-bond donors (Lipinski definition) is 2. The van der Waals surface area contributed by atoms with E-state index < -0.39 is 24.0 Å². The molecule has 2 unspecified atom stereocenters. The van der Waals surface area contributed by atoms with Gasteiger partial charge in [0, 0.05) is 11.6 Å². The van der Waals surface area contributed by atoms with Gasteiger partial charge in [0.1, 0.15) is 6.04 Å². The van der Waals surface area contributed by atoms with Gasteiger partial charge in [-0.1, -0.05) is 42.5 Å².